The molecule has 6 heteroatoms. The molecule has 0 bridgehead atoms. The van der Waals surface area contributed by atoms with E-state index >= 15 is 0 Å². The summed E-state index contributed by atoms with van der Waals surface area (Å²) in [6.07, 6.45) is 4.93. The van der Waals surface area contributed by atoms with Crippen molar-refractivity contribution in [3.05, 3.63) is 44.6 Å². The van der Waals surface area contributed by atoms with Crippen molar-refractivity contribution in [2.45, 2.75) is 13.0 Å². The molecule has 1 heterocycles. The molecule has 0 radical (unpaired) electrons. The van der Waals surface area contributed by atoms with Gasteiger partial charge < -0.3 is 10.1 Å². The largest absolute Gasteiger partial charge is 0.494 e. The average Bonchev–Trinajstić information content (AvgIpc) is 2.80. The van der Waals surface area contributed by atoms with Crippen LogP contribution in [0.25, 0.3) is 0 Å². The Morgan fingerprint density at radius 3 is 2.50 bits per heavy atom. The Hall–Kier alpha value is -0.850. The van der Waals surface area contributed by atoms with E-state index in [1.807, 2.05) is 24.1 Å². The quantitative estimate of drug-likeness (QED) is 0.753. The van der Waals surface area contributed by atoms with E-state index in [0.717, 1.165) is 34.2 Å². The van der Waals surface area contributed by atoms with Crippen LogP contribution >= 0.6 is 31.9 Å². The van der Waals surface area contributed by atoms with Gasteiger partial charge in [-0.05, 0) is 68.1 Å². The summed E-state index contributed by atoms with van der Waals surface area (Å²) in [5.74, 6) is 0.823. The lowest BCUT2D eigenvalue weighted by Gasteiger charge is -2.10. The Kier molecular flexibility index (Phi) is 5.63. The molecule has 0 amide bonds. The van der Waals surface area contributed by atoms with Gasteiger partial charge in [0.2, 0.25) is 0 Å². The van der Waals surface area contributed by atoms with E-state index in [-0.39, 0.29) is 0 Å². The van der Waals surface area contributed by atoms with Gasteiger partial charge in [-0.2, -0.15) is 5.10 Å². The SMILES string of the molecule is COc1c(Br)cc(CNCCc2cnn(C)c2)cc1Br. The number of nitrogens with zero attached hydrogens (tertiary/aromatic N) is 2. The zero-order valence-electron chi connectivity index (χ0n) is 11.5. The van der Waals surface area contributed by atoms with Crippen LogP contribution in [0.1, 0.15) is 11.1 Å². The first-order valence-electron chi connectivity index (χ1n) is 6.30. The maximum atomic E-state index is 5.29. The maximum absolute atomic E-state index is 5.29. The Morgan fingerprint density at radius 1 is 1.25 bits per heavy atom. The van der Waals surface area contributed by atoms with Crippen LogP contribution in [-0.4, -0.2) is 23.4 Å². The second-order valence-corrected chi connectivity index (χ2v) is 6.25. The number of hydrogen-bond donors (Lipinski definition) is 1. The minimum atomic E-state index is 0.821. The molecule has 1 N–H and O–H groups in total. The molecule has 1 aromatic heterocycles. The molecule has 4 nitrogen and oxygen atoms in total. The normalized spacial score (nSPS) is 10.8. The molecular weight excluding hydrogens is 386 g/mol. The summed E-state index contributed by atoms with van der Waals surface area (Å²) >= 11 is 7.03. The summed E-state index contributed by atoms with van der Waals surface area (Å²) in [7, 11) is 3.60. The minimum Gasteiger partial charge on any atom is -0.494 e. The second-order valence-electron chi connectivity index (χ2n) is 4.54. The van der Waals surface area contributed by atoms with Gasteiger partial charge in [-0.15, -0.1) is 0 Å². The molecule has 0 fully saturated rings. The topological polar surface area (TPSA) is 39.1 Å². The van der Waals surface area contributed by atoms with E-state index in [2.05, 4.69) is 54.4 Å². The predicted octanol–water partition coefficient (Wildman–Crippen LogP) is 3.29. The molecule has 0 unspecified atom stereocenters. The van der Waals surface area contributed by atoms with E-state index in [4.69, 9.17) is 4.74 Å². The highest BCUT2D eigenvalue weighted by Gasteiger charge is 2.07. The summed E-state index contributed by atoms with van der Waals surface area (Å²) in [6.45, 7) is 1.74. The predicted molar refractivity (Wildman–Crippen MR) is 87.0 cm³/mol. The van der Waals surface area contributed by atoms with Gasteiger partial charge in [0.1, 0.15) is 5.75 Å². The van der Waals surface area contributed by atoms with E-state index in [1.165, 1.54) is 11.1 Å². The average molecular weight is 403 g/mol. The van der Waals surface area contributed by atoms with Crippen molar-refractivity contribution in [3.8, 4) is 5.75 Å². The van der Waals surface area contributed by atoms with E-state index in [0.29, 0.717) is 0 Å². The standard InChI is InChI=1S/C14H17Br2N3O/c1-19-9-10(8-18-19)3-4-17-7-11-5-12(15)14(20-2)13(16)6-11/h5-6,8-9,17H,3-4,7H2,1-2H3. The van der Waals surface area contributed by atoms with Crippen molar-refractivity contribution in [2.75, 3.05) is 13.7 Å². The molecule has 0 aliphatic heterocycles. The van der Waals surface area contributed by atoms with Crippen LogP contribution in [0.3, 0.4) is 0 Å². The molecule has 0 saturated carbocycles. The highest BCUT2D eigenvalue weighted by Crippen LogP contribution is 2.34. The van der Waals surface area contributed by atoms with Gasteiger partial charge in [0, 0.05) is 19.8 Å². The first-order valence-corrected chi connectivity index (χ1v) is 7.89. The molecule has 108 valence electrons. The van der Waals surface area contributed by atoms with Crippen LogP contribution in [-0.2, 0) is 20.0 Å². The van der Waals surface area contributed by atoms with Crippen molar-refractivity contribution in [1.29, 1.82) is 0 Å². The Balaban J connectivity index is 1.85. The number of halogens is 2. The Labute approximate surface area is 135 Å². The second kappa shape index (κ2) is 7.24. The highest BCUT2D eigenvalue weighted by molar-refractivity contribution is 9.11. The molecule has 2 aromatic rings. The lowest BCUT2D eigenvalue weighted by molar-refractivity contribution is 0.409. The molecule has 0 aliphatic rings. The Bertz CT molecular complexity index is 561. The van der Waals surface area contributed by atoms with Crippen LogP contribution in [0.15, 0.2) is 33.5 Å². The fourth-order valence-corrected chi connectivity index (χ4v) is 3.58. The number of ether oxygens (including phenoxy) is 1. The number of rotatable bonds is 6. The van der Waals surface area contributed by atoms with Crippen LogP contribution in [0.5, 0.6) is 5.75 Å². The number of hydrogen-bond acceptors (Lipinski definition) is 3. The summed E-state index contributed by atoms with van der Waals surface area (Å²) in [5.41, 5.74) is 2.45. The fourth-order valence-electron chi connectivity index (χ4n) is 1.98. The summed E-state index contributed by atoms with van der Waals surface area (Å²) in [5, 5.41) is 7.59. The molecule has 2 rings (SSSR count). The molecule has 0 saturated heterocycles. The van der Waals surface area contributed by atoms with Crippen molar-refractivity contribution < 1.29 is 4.74 Å². The first-order chi connectivity index (χ1) is 9.60. The lowest BCUT2D eigenvalue weighted by Crippen LogP contribution is -2.16. The van der Waals surface area contributed by atoms with Crippen LogP contribution in [0.4, 0.5) is 0 Å². The van der Waals surface area contributed by atoms with Crippen molar-refractivity contribution in [3.63, 3.8) is 0 Å². The van der Waals surface area contributed by atoms with Gasteiger partial charge in [-0.25, -0.2) is 0 Å². The van der Waals surface area contributed by atoms with Crippen molar-refractivity contribution in [2.24, 2.45) is 7.05 Å². The van der Waals surface area contributed by atoms with Gasteiger partial charge in [0.25, 0.3) is 0 Å². The monoisotopic (exact) mass is 401 g/mol. The number of nitrogens with one attached hydrogen (secondary N) is 1. The molecule has 20 heavy (non-hydrogen) atoms. The van der Waals surface area contributed by atoms with E-state index < -0.39 is 0 Å². The number of methoxy groups -OCH3 is 1. The number of aromatic nitrogens is 2. The molecule has 0 spiro atoms. The zero-order valence-corrected chi connectivity index (χ0v) is 14.7. The van der Waals surface area contributed by atoms with Crippen molar-refractivity contribution in [1.82, 2.24) is 15.1 Å². The van der Waals surface area contributed by atoms with Crippen LogP contribution < -0.4 is 10.1 Å². The van der Waals surface area contributed by atoms with Crippen LogP contribution in [0, 0.1) is 0 Å². The first kappa shape index (κ1) is 15.5. The number of aryl methyl sites for hydroxylation is 1. The van der Waals surface area contributed by atoms with Gasteiger partial charge >= 0.3 is 0 Å². The number of benzene rings is 1. The van der Waals surface area contributed by atoms with Crippen LogP contribution in [0.2, 0.25) is 0 Å². The van der Waals surface area contributed by atoms with Gasteiger partial charge in [-0.3, -0.25) is 4.68 Å². The third-order valence-electron chi connectivity index (χ3n) is 2.94. The summed E-state index contributed by atoms with van der Waals surface area (Å²) < 4.78 is 9.03. The van der Waals surface area contributed by atoms with E-state index in [9.17, 15) is 0 Å². The van der Waals surface area contributed by atoms with Gasteiger partial charge in [0.05, 0.1) is 22.3 Å². The molecule has 0 aliphatic carbocycles. The molecular formula is C14H17Br2N3O. The fraction of sp³-hybridized carbons (Fsp3) is 0.357. The van der Waals surface area contributed by atoms with Crippen molar-refractivity contribution >= 4 is 31.9 Å². The minimum absolute atomic E-state index is 0.821. The highest BCUT2D eigenvalue weighted by atomic mass is 79.9. The third-order valence-corrected chi connectivity index (χ3v) is 4.12. The summed E-state index contributed by atoms with van der Waals surface area (Å²) in [6, 6.07) is 4.14. The lowest BCUT2D eigenvalue weighted by atomic mass is 10.2. The maximum Gasteiger partial charge on any atom is 0.147 e. The zero-order chi connectivity index (χ0) is 14.5. The smallest absolute Gasteiger partial charge is 0.147 e. The summed E-state index contributed by atoms with van der Waals surface area (Å²) in [4.78, 5) is 0. The third kappa shape index (κ3) is 4.07. The van der Waals surface area contributed by atoms with Gasteiger partial charge in [0.15, 0.2) is 0 Å². The molecule has 1 aromatic carbocycles. The molecule has 0 atom stereocenters. The van der Waals surface area contributed by atoms with Gasteiger partial charge in [-0.1, -0.05) is 0 Å². The Morgan fingerprint density at radius 2 is 1.95 bits per heavy atom. The van der Waals surface area contributed by atoms with E-state index in [1.54, 1.807) is 7.11 Å².